The fourth-order valence-electron chi connectivity index (χ4n) is 4.08. The first-order valence-electron chi connectivity index (χ1n) is 10.1. The molecule has 1 N–H and O–H groups in total. The van der Waals surface area contributed by atoms with E-state index >= 15 is 0 Å². The van der Waals surface area contributed by atoms with E-state index in [1.165, 1.54) is 12.1 Å². The Bertz CT molecular complexity index is 687. The maximum absolute atomic E-state index is 13.7. The van der Waals surface area contributed by atoms with Crippen molar-refractivity contribution in [2.24, 2.45) is 11.8 Å². The van der Waals surface area contributed by atoms with Gasteiger partial charge in [0.2, 0.25) is 11.8 Å². The van der Waals surface area contributed by atoms with Crippen molar-refractivity contribution >= 4 is 24.2 Å². The zero-order valence-corrected chi connectivity index (χ0v) is 17.5. The van der Waals surface area contributed by atoms with E-state index in [-0.39, 0.29) is 47.9 Å². The molecule has 0 spiro atoms. The standard InChI is InChI=1S/C21H30FN3O2.ClH/c1-3-15(2)20(26)24-10-5-7-17(14-24)21(27)25-11-9-23-13-19(25)16-6-4-8-18(22)12-16;/h4,6,8,12,15,17,19,23H,3,5,7,9-11,13-14H2,1-2H3;1H. The molecule has 0 radical (unpaired) electrons. The van der Waals surface area contributed by atoms with Gasteiger partial charge in [-0.1, -0.05) is 26.0 Å². The summed E-state index contributed by atoms with van der Waals surface area (Å²) in [5.41, 5.74) is 0.818. The summed E-state index contributed by atoms with van der Waals surface area (Å²) in [5.74, 6) is -0.211. The molecule has 3 unspecified atom stereocenters. The molecule has 5 nitrogen and oxygen atoms in total. The van der Waals surface area contributed by atoms with Crippen LogP contribution in [0.4, 0.5) is 4.39 Å². The number of carbonyl (C=O) groups excluding carboxylic acids is 2. The predicted octanol–water partition coefficient (Wildman–Crippen LogP) is 3.01. The van der Waals surface area contributed by atoms with Gasteiger partial charge in [0.05, 0.1) is 12.0 Å². The minimum Gasteiger partial charge on any atom is -0.342 e. The smallest absolute Gasteiger partial charge is 0.228 e. The Morgan fingerprint density at radius 3 is 2.82 bits per heavy atom. The van der Waals surface area contributed by atoms with Crippen LogP contribution in [0.1, 0.15) is 44.7 Å². The van der Waals surface area contributed by atoms with Crippen LogP contribution in [-0.2, 0) is 9.59 Å². The topological polar surface area (TPSA) is 52.7 Å². The lowest BCUT2D eigenvalue weighted by Gasteiger charge is -2.41. The minimum atomic E-state index is -0.284. The van der Waals surface area contributed by atoms with Crippen molar-refractivity contribution in [3.63, 3.8) is 0 Å². The largest absolute Gasteiger partial charge is 0.342 e. The Morgan fingerprint density at radius 2 is 2.11 bits per heavy atom. The Morgan fingerprint density at radius 1 is 1.32 bits per heavy atom. The molecule has 1 aromatic rings. The molecular formula is C21H31ClFN3O2. The highest BCUT2D eigenvalue weighted by molar-refractivity contribution is 5.85. The van der Waals surface area contributed by atoms with E-state index < -0.39 is 0 Å². The Hall–Kier alpha value is -1.66. The van der Waals surface area contributed by atoms with Gasteiger partial charge in [0.25, 0.3) is 0 Å². The van der Waals surface area contributed by atoms with Gasteiger partial charge >= 0.3 is 0 Å². The molecule has 2 amide bonds. The monoisotopic (exact) mass is 411 g/mol. The second-order valence-electron chi connectivity index (χ2n) is 7.74. The molecule has 2 saturated heterocycles. The zero-order chi connectivity index (χ0) is 19.4. The van der Waals surface area contributed by atoms with E-state index in [4.69, 9.17) is 0 Å². The molecule has 7 heteroatoms. The van der Waals surface area contributed by atoms with Crippen molar-refractivity contribution in [1.29, 1.82) is 0 Å². The van der Waals surface area contributed by atoms with Gasteiger partial charge in [0.1, 0.15) is 5.82 Å². The van der Waals surface area contributed by atoms with Gasteiger partial charge in [-0.3, -0.25) is 9.59 Å². The van der Waals surface area contributed by atoms with Crippen molar-refractivity contribution < 1.29 is 14.0 Å². The first-order valence-corrected chi connectivity index (χ1v) is 10.1. The van der Waals surface area contributed by atoms with Gasteiger partial charge in [-0.05, 0) is 37.0 Å². The number of nitrogens with one attached hydrogen (secondary N) is 1. The van der Waals surface area contributed by atoms with Crippen molar-refractivity contribution in [3.05, 3.63) is 35.6 Å². The van der Waals surface area contributed by atoms with E-state index in [0.29, 0.717) is 19.6 Å². The van der Waals surface area contributed by atoms with Gasteiger partial charge in [0.15, 0.2) is 0 Å². The normalized spacial score (nSPS) is 23.7. The number of halogens is 2. The van der Waals surface area contributed by atoms with Crippen molar-refractivity contribution in [3.8, 4) is 0 Å². The summed E-state index contributed by atoms with van der Waals surface area (Å²) in [5, 5.41) is 3.31. The van der Waals surface area contributed by atoms with E-state index in [2.05, 4.69) is 5.32 Å². The van der Waals surface area contributed by atoms with E-state index in [0.717, 1.165) is 37.9 Å². The lowest BCUT2D eigenvalue weighted by Crippen LogP contribution is -2.53. The summed E-state index contributed by atoms with van der Waals surface area (Å²) in [7, 11) is 0. The number of piperidine rings is 1. The molecule has 0 aromatic heterocycles. The number of hydrogen-bond acceptors (Lipinski definition) is 3. The number of hydrogen-bond donors (Lipinski definition) is 1. The average Bonchev–Trinajstić information content (AvgIpc) is 2.72. The van der Waals surface area contributed by atoms with Crippen molar-refractivity contribution in [2.75, 3.05) is 32.7 Å². The maximum atomic E-state index is 13.7. The number of carbonyl (C=O) groups is 2. The summed E-state index contributed by atoms with van der Waals surface area (Å²) in [6.07, 6.45) is 2.48. The highest BCUT2D eigenvalue weighted by Crippen LogP contribution is 2.28. The molecule has 28 heavy (non-hydrogen) atoms. The molecule has 2 aliphatic heterocycles. The van der Waals surface area contributed by atoms with Gasteiger partial charge < -0.3 is 15.1 Å². The van der Waals surface area contributed by atoms with Crippen LogP contribution in [0.15, 0.2) is 24.3 Å². The number of rotatable bonds is 4. The zero-order valence-electron chi connectivity index (χ0n) is 16.7. The van der Waals surface area contributed by atoms with Crippen LogP contribution in [-0.4, -0.2) is 54.3 Å². The van der Waals surface area contributed by atoms with Crippen LogP contribution in [0.3, 0.4) is 0 Å². The summed E-state index contributed by atoms with van der Waals surface area (Å²) in [6, 6.07) is 6.33. The molecule has 2 fully saturated rings. The van der Waals surface area contributed by atoms with Gasteiger partial charge in [-0.2, -0.15) is 0 Å². The fourth-order valence-corrected chi connectivity index (χ4v) is 4.08. The third-order valence-corrected chi connectivity index (χ3v) is 5.88. The lowest BCUT2D eigenvalue weighted by atomic mass is 9.93. The third kappa shape index (κ3) is 5.03. The molecule has 3 atom stereocenters. The molecular weight excluding hydrogens is 381 g/mol. The predicted molar refractivity (Wildman–Crippen MR) is 110 cm³/mol. The van der Waals surface area contributed by atoms with E-state index in [9.17, 15) is 14.0 Å². The molecule has 0 saturated carbocycles. The van der Waals surface area contributed by atoms with Crippen LogP contribution in [0.25, 0.3) is 0 Å². The van der Waals surface area contributed by atoms with E-state index in [1.54, 1.807) is 6.07 Å². The number of nitrogens with zero attached hydrogens (tertiary/aromatic N) is 2. The van der Waals surface area contributed by atoms with Gasteiger partial charge in [-0.15, -0.1) is 12.4 Å². The number of likely N-dealkylation sites (tertiary alicyclic amines) is 1. The summed E-state index contributed by atoms with van der Waals surface area (Å²) in [4.78, 5) is 29.6. The van der Waals surface area contributed by atoms with Crippen LogP contribution in [0.2, 0.25) is 0 Å². The Balaban J connectivity index is 0.00000280. The van der Waals surface area contributed by atoms with E-state index in [1.807, 2.05) is 29.7 Å². The van der Waals surface area contributed by atoms with Gasteiger partial charge in [0, 0.05) is 38.6 Å². The third-order valence-electron chi connectivity index (χ3n) is 5.88. The van der Waals surface area contributed by atoms with Crippen LogP contribution < -0.4 is 5.32 Å². The summed E-state index contributed by atoms with van der Waals surface area (Å²) in [6.45, 7) is 7.17. The van der Waals surface area contributed by atoms with Crippen LogP contribution >= 0.6 is 12.4 Å². The molecule has 1 aromatic carbocycles. The number of benzene rings is 1. The van der Waals surface area contributed by atoms with Crippen LogP contribution in [0.5, 0.6) is 0 Å². The molecule has 0 aliphatic carbocycles. The molecule has 156 valence electrons. The quantitative estimate of drug-likeness (QED) is 0.828. The Kier molecular flexibility index (Phi) is 8.25. The number of piperazine rings is 1. The van der Waals surface area contributed by atoms with Crippen molar-refractivity contribution in [2.45, 2.75) is 39.2 Å². The molecule has 0 bridgehead atoms. The maximum Gasteiger partial charge on any atom is 0.228 e. The molecule has 3 rings (SSSR count). The Labute approximate surface area is 173 Å². The highest BCUT2D eigenvalue weighted by Gasteiger charge is 2.36. The average molecular weight is 412 g/mol. The lowest BCUT2D eigenvalue weighted by molar-refractivity contribution is -0.144. The summed E-state index contributed by atoms with van der Waals surface area (Å²) >= 11 is 0. The molecule has 2 aliphatic rings. The van der Waals surface area contributed by atoms with Crippen LogP contribution in [0, 0.1) is 17.7 Å². The SMILES string of the molecule is CCC(C)C(=O)N1CCCC(C(=O)N2CCNCC2c2cccc(F)c2)C1.Cl. The highest BCUT2D eigenvalue weighted by atomic mass is 35.5. The number of amides is 2. The minimum absolute atomic E-state index is 0. The second kappa shape index (κ2) is 10.2. The fraction of sp³-hybridized carbons (Fsp3) is 0.619. The van der Waals surface area contributed by atoms with Crippen molar-refractivity contribution in [1.82, 2.24) is 15.1 Å². The molecule has 2 heterocycles. The van der Waals surface area contributed by atoms with Gasteiger partial charge in [-0.25, -0.2) is 4.39 Å². The summed E-state index contributed by atoms with van der Waals surface area (Å²) < 4.78 is 13.7. The first kappa shape index (κ1) is 22.6. The second-order valence-corrected chi connectivity index (χ2v) is 7.74. The first-order chi connectivity index (χ1) is 13.0.